The lowest BCUT2D eigenvalue weighted by Crippen LogP contribution is -2.13. The van der Waals surface area contributed by atoms with Crippen LogP contribution < -0.4 is 0 Å². The first-order valence-corrected chi connectivity index (χ1v) is 2.58. The highest BCUT2D eigenvalue weighted by Crippen LogP contribution is 1.80. The van der Waals surface area contributed by atoms with Crippen LogP contribution >= 0.6 is 0 Å². The van der Waals surface area contributed by atoms with Gasteiger partial charge in [-0.05, 0) is 0 Å². The molecule has 0 atom stereocenters. The van der Waals surface area contributed by atoms with E-state index in [-0.39, 0.29) is 9.72 Å². The molecule has 0 spiro atoms. The Morgan fingerprint density at radius 3 is 1.73 bits per heavy atom. The van der Waals surface area contributed by atoms with Gasteiger partial charge in [0.1, 0.15) is 14.2 Å². The Balaban J connectivity index is 3.84. The van der Waals surface area contributed by atoms with Crippen LogP contribution in [0, 0.1) is 10.4 Å². The largest absolute Gasteiger partial charge is 0.592 e. The van der Waals surface area contributed by atoms with E-state index < -0.39 is 6.67 Å². The van der Waals surface area contributed by atoms with Crippen molar-refractivity contribution >= 4 is 0 Å². The number of hydrogen-bond donors (Lipinski definition) is 0. The molecule has 0 aliphatic rings. The van der Waals surface area contributed by atoms with Crippen LogP contribution in [-0.4, -0.2) is 30.6 Å². The molecule has 0 aliphatic carbocycles. The zero-order chi connectivity index (χ0) is 8.69. The molecule has 0 amide bonds. The fourth-order valence-corrected chi connectivity index (χ4v) is 0.337. The Labute approximate surface area is 62.4 Å². The van der Waals surface area contributed by atoms with E-state index in [9.17, 15) is 10.4 Å². The minimum Gasteiger partial charge on any atom is -0.592 e. The van der Waals surface area contributed by atoms with Gasteiger partial charge in [0, 0.05) is 9.72 Å². The molecule has 8 heteroatoms. The molecule has 0 N–H and O–H groups in total. The number of hydrogen-bond acceptors (Lipinski definition) is 6. The molecule has 0 saturated heterocycles. The summed E-state index contributed by atoms with van der Waals surface area (Å²) in [5, 5.41) is 26.5. The minimum absolute atomic E-state index is 0.0233. The van der Waals surface area contributed by atoms with Gasteiger partial charge < -0.3 is 20.1 Å². The van der Waals surface area contributed by atoms with Crippen LogP contribution in [0.2, 0.25) is 0 Å². The first-order chi connectivity index (χ1) is 5.20. The maximum absolute atomic E-state index is 10.4. The van der Waals surface area contributed by atoms with E-state index >= 15 is 0 Å². The van der Waals surface area contributed by atoms with Crippen LogP contribution in [0.4, 0.5) is 0 Å². The summed E-state index contributed by atoms with van der Waals surface area (Å²) < 4.78 is 0. The molecule has 64 valence electrons. The van der Waals surface area contributed by atoms with Crippen LogP contribution in [0.15, 0.2) is 10.6 Å². The standard InChI is InChI=1S/C3H8N4O4/c1-10-4-6(8)3-7(9)5-11-2/h3H2,1-2H3/b6-4-,7-5-. The molecule has 0 aromatic heterocycles. The van der Waals surface area contributed by atoms with Gasteiger partial charge in [-0.1, -0.05) is 0 Å². The highest BCUT2D eigenvalue weighted by Gasteiger charge is 2.03. The van der Waals surface area contributed by atoms with Crippen LogP contribution in [0.1, 0.15) is 0 Å². The normalized spacial score (nSPS) is 12.9. The fourth-order valence-electron chi connectivity index (χ4n) is 0.337. The van der Waals surface area contributed by atoms with Gasteiger partial charge in [-0.2, -0.15) is 0 Å². The number of rotatable bonds is 4. The predicted octanol–water partition coefficient (Wildman–Crippen LogP) is -0.00830. The van der Waals surface area contributed by atoms with Gasteiger partial charge in [-0.15, -0.1) is 0 Å². The molecule has 0 heterocycles. The summed E-state index contributed by atoms with van der Waals surface area (Å²) in [4.78, 5) is 8.19. The second-order valence-electron chi connectivity index (χ2n) is 1.37. The molecule has 0 aromatic rings. The average molecular weight is 164 g/mol. The summed E-state index contributed by atoms with van der Waals surface area (Å²) >= 11 is 0. The molecule has 0 fully saturated rings. The molecule has 11 heavy (non-hydrogen) atoms. The zero-order valence-corrected chi connectivity index (χ0v) is 6.13. The lowest BCUT2D eigenvalue weighted by molar-refractivity contribution is -0.750. The van der Waals surface area contributed by atoms with Crippen LogP contribution in [-0.2, 0) is 9.68 Å². The topological polar surface area (TPSA) is 95.3 Å². The third-order valence-corrected chi connectivity index (χ3v) is 0.587. The van der Waals surface area contributed by atoms with Crippen molar-refractivity contribution in [3.05, 3.63) is 10.4 Å². The van der Waals surface area contributed by atoms with Crippen molar-refractivity contribution in [1.29, 1.82) is 0 Å². The first-order valence-electron chi connectivity index (χ1n) is 2.58. The van der Waals surface area contributed by atoms with Crippen LogP contribution in [0.25, 0.3) is 0 Å². The summed E-state index contributed by atoms with van der Waals surface area (Å²) in [6, 6.07) is 0. The second kappa shape index (κ2) is 5.21. The Kier molecular flexibility index (Phi) is 4.45. The Hall–Kier alpha value is -1.60. The Morgan fingerprint density at radius 2 is 1.45 bits per heavy atom. The lowest BCUT2D eigenvalue weighted by atomic mass is 11.2. The summed E-state index contributed by atoms with van der Waals surface area (Å²) in [5.74, 6) is 0. The maximum atomic E-state index is 10.4. The summed E-state index contributed by atoms with van der Waals surface area (Å²) in [6.07, 6.45) is 0. The zero-order valence-electron chi connectivity index (χ0n) is 6.13. The highest BCUT2D eigenvalue weighted by atomic mass is 16.7. The summed E-state index contributed by atoms with van der Waals surface area (Å²) in [6.45, 7) is -0.596. The molecular formula is C3H8N4O4. The van der Waals surface area contributed by atoms with Crippen LogP contribution in [0.3, 0.4) is 0 Å². The van der Waals surface area contributed by atoms with Crippen LogP contribution in [0.5, 0.6) is 0 Å². The van der Waals surface area contributed by atoms with Gasteiger partial charge >= 0.3 is 6.67 Å². The number of hydroxylamine groups is 2. The molecule has 0 rings (SSSR count). The SMILES string of the molecule is CO/N=[N+](\[O-])C/[N+]([O-])=N/OC. The van der Waals surface area contributed by atoms with Gasteiger partial charge in [-0.3, -0.25) is 0 Å². The maximum Gasteiger partial charge on any atom is 0.408 e. The quantitative estimate of drug-likeness (QED) is 0.252. The van der Waals surface area contributed by atoms with E-state index in [1.807, 2.05) is 0 Å². The van der Waals surface area contributed by atoms with Gasteiger partial charge in [-0.25, -0.2) is 0 Å². The van der Waals surface area contributed by atoms with Crippen molar-refractivity contribution in [2.45, 2.75) is 0 Å². The molecule has 0 unspecified atom stereocenters. The van der Waals surface area contributed by atoms with E-state index in [1.54, 1.807) is 0 Å². The molecular weight excluding hydrogens is 156 g/mol. The molecule has 8 nitrogen and oxygen atoms in total. The van der Waals surface area contributed by atoms with E-state index in [2.05, 4.69) is 20.2 Å². The summed E-state index contributed by atoms with van der Waals surface area (Å²) in [7, 11) is 2.38. The highest BCUT2D eigenvalue weighted by molar-refractivity contribution is 3.99. The van der Waals surface area contributed by atoms with Crippen molar-refractivity contribution in [3.63, 3.8) is 0 Å². The lowest BCUT2D eigenvalue weighted by Gasteiger charge is -1.96. The molecule has 0 bridgehead atoms. The third-order valence-electron chi connectivity index (χ3n) is 0.587. The van der Waals surface area contributed by atoms with Crippen molar-refractivity contribution in [3.8, 4) is 0 Å². The molecule has 0 saturated carbocycles. The molecule has 0 aliphatic heterocycles. The molecule has 0 aromatic carbocycles. The van der Waals surface area contributed by atoms with Crippen molar-refractivity contribution < 1.29 is 19.4 Å². The van der Waals surface area contributed by atoms with E-state index in [4.69, 9.17) is 0 Å². The second-order valence-corrected chi connectivity index (χ2v) is 1.37. The van der Waals surface area contributed by atoms with Crippen molar-refractivity contribution in [2.24, 2.45) is 10.6 Å². The Bertz CT molecular complexity index is 149. The number of nitrogens with zero attached hydrogens (tertiary/aromatic N) is 4. The first kappa shape index (κ1) is 9.40. The van der Waals surface area contributed by atoms with E-state index in [0.29, 0.717) is 0 Å². The summed E-state index contributed by atoms with van der Waals surface area (Å²) in [5.41, 5.74) is 0. The predicted molar refractivity (Wildman–Crippen MR) is 31.0 cm³/mol. The van der Waals surface area contributed by atoms with Crippen molar-refractivity contribution in [2.75, 3.05) is 20.9 Å². The van der Waals surface area contributed by atoms with Gasteiger partial charge in [0.2, 0.25) is 10.6 Å². The van der Waals surface area contributed by atoms with E-state index in [1.165, 1.54) is 14.2 Å². The average Bonchev–Trinajstić information content (AvgIpc) is 1.87. The third kappa shape index (κ3) is 4.88. The van der Waals surface area contributed by atoms with Gasteiger partial charge in [0.15, 0.2) is 0 Å². The fraction of sp³-hybridized carbons (Fsp3) is 1.00. The van der Waals surface area contributed by atoms with Crippen molar-refractivity contribution in [1.82, 2.24) is 0 Å². The van der Waals surface area contributed by atoms with Gasteiger partial charge in [0.25, 0.3) is 0 Å². The minimum atomic E-state index is -0.596. The molecule has 0 radical (unpaired) electrons. The monoisotopic (exact) mass is 164 g/mol. The van der Waals surface area contributed by atoms with Gasteiger partial charge in [0.05, 0.1) is 0 Å². The Morgan fingerprint density at radius 1 is 1.09 bits per heavy atom. The smallest absolute Gasteiger partial charge is 0.408 e. The van der Waals surface area contributed by atoms with E-state index in [0.717, 1.165) is 0 Å².